The Morgan fingerprint density at radius 2 is 1.43 bits per heavy atom. The van der Waals surface area contributed by atoms with E-state index in [0.29, 0.717) is 12.2 Å². The number of hydrogen-bond acceptors (Lipinski definition) is 4. The fraction of sp³-hybridized carbons (Fsp3) is 0.316. The van der Waals surface area contributed by atoms with Crippen LogP contribution in [0.4, 0.5) is 10.1 Å². The van der Waals surface area contributed by atoms with Gasteiger partial charge in [-0.15, -0.1) is 0 Å². The van der Waals surface area contributed by atoms with Crippen molar-refractivity contribution >= 4 is 27.5 Å². The van der Waals surface area contributed by atoms with Crippen molar-refractivity contribution in [1.29, 1.82) is 0 Å². The molecule has 0 saturated heterocycles. The van der Waals surface area contributed by atoms with E-state index in [4.69, 9.17) is 0 Å². The van der Waals surface area contributed by atoms with Gasteiger partial charge in [-0.2, -0.15) is 0 Å². The van der Waals surface area contributed by atoms with Crippen molar-refractivity contribution < 1.29 is 22.4 Å². The maximum Gasteiger partial charge on any atom is 0.264 e. The van der Waals surface area contributed by atoms with E-state index in [1.165, 1.54) is 23.1 Å². The average Bonchev–Trinajstić information content (AvgIpc) is 3.05. The number of sulfonamides is 1. The maximum atomic E-state index is 15.1. The van der Waals surface area contributed by atoms with Crippen molar-refractivity contribution in [3.8, 4) is 0 Å². The largest absolute Gasteiger partial charge is 0.354 e. The van der Waals surface area contributed by atoms with Crippen LogP contribution >= 0.6 is 0 Å². The lowest BCUT2D eigenvalue weighted by molar-refractivity contribution is -0.140. The predicted molar refractivity (Wildman–Crippen MR) is 185 cm³/mol. The molecule has 4 aromatic carbocycles. The molecule has 1 atom stereocenters. The molecule has 4 rings (SSSR count). The van der Waals surface area contributed by atoms with Crippen molar-refractivity contribution in [3.63, 3.8) is 0 Å². The molecule has 0 fully saturated rings. The summed E-state index contributed by atoms with van der Waals surface area (Å²) in [6.45, 7) is 9.41. The summed E-state index contributed by atoms with van der Waals surface area (Å²) in [5.41, 5.74) is 3.22. The molecule has 248 valence electrons. The first-order chi connectivity index (χ1) is 22.4. The molecular formula is C38H44FN3O4S. The summed E-state index contributed by atoms with van der Waals surface area (Å²) in [6, 6.07) is 27.8. The number of carbonyl (C=O) groups excluding carboxylic acids is 2. The van der Waals surface area contributed by atoms with Crippen LogP contribution in [0.15, 0.2) is 108 Å². The van der Waals surface area contributed by atoms with Crippen LogP contribution in [0, 0.1) is 18.7 Å². The molecule has 0 bridgehead atoms. The minimum absolute atomic E-state index is 0.0278. The highest BCUT2D eigenvalue weighted by atomic mass is 32.2. The molecule has 0 spiro atoms. The van der Waals surface area contributed by atoms with Crippen LogP contribution < -0.4 is 9.62 Å². The number of carbonyl (C=O) groups is 2. The number of aryl methyl sites for hydroxylation is 1. The molecule has 0 unspecified atom stereocenters. The van der Waals surface area contributed by atoms with Gasteiger partial charge in [0.05, 0.1) is 10.6 Å². The van der Waals surface area contributed by atoms with Crippen molar-refractivity contribution in [2.45, 2.75) is 64.4 Å². The summed E-state index contributed by atoms with van der Waals surface area (Å²) in [7, 11) is -4.23. The first kappa shape index (κ1) is 35.4. The molecule has 7 nitrogen and oxygen atoms in total. The van der Waals surface area contributed by atoms with E-state index in [9.17, 15) is 18.0 Å². The zero-order valence-electron chi connectivity index (χ0n) is 27.7. The fourth-order valence-corrected chi connectivity index (χ4v) is 6.59. The van der Waals surface area contributed by atoms with Crippen molar-refractivity contribution in [3.05, 3.63) is 131 Å². The molecular weight excluding hydrogens is 614 g/mol. The van der Waals surface area contributed by atoms with Gasteiger partial charge in [0.15, 0.2) is 0 Å². The predicted octanol–water partition coefficient (Wildman–Crippen LogP) is 6.87. The zero-order chi connectivity index (χ0) is 34.1. The van der Waals surface area contributed by atoms with E-state index in [1.807, 2.05) is 77.1 Å². The second-order valence-corrected chi connectivity index (χ2v) is 14.4. The Kier molecular flexibility index (Phi) is 11.9. The Labute approximate surface area is 278 Å². The molecule has 1 N–H and O–H groups in total. The second kappa shape index (κ2) is 15.9. The van der Waals surface area contributed by atoms with Crippen molar-refractivity contribution in [2.75, 3.05) is 17.4 Å². The SMILES string of the molecule is Cc1ccc(S(=O)(=O)N(CC(=O)N(Cc2ccccc2F)[C@H](Cc2ccccc2)C(=O)NCC(C)C)c2ccc(C(C)C)cc2)cc1. The Morgan fingerprint density at radius 3 is 2.02 bits per heavy atom. The number of nitrogens with zero attached hydrogens (tertiary/aromatic N) is 2. The number of anilines is 1. The third-order valence-electron chi connectivity index (χ3n) is 7.99. The molecule has 0 heterocycles. The Morgan fingerprint density at radius 1 is 0.809 bits per heavy atom. The maximum absolute atomic E-state index is 15.1. The molecule has 0 aliphatic heterocycles. The average molecular weight is 658 g/mol. The highest BCUT2D eigenvalue weighted by Crippen LogP contribution is 2.27. The van der Waals surface area contributed by atoms with E-state index in [2.05, 4.69) is 5.32 Å². The molecule has 2 amide bonds. The first-order valence-electron chi connectivity index (χ1n) is 15.9. The Hall–Kier alpha value is -4.50. The molecule has 9 heteroatoms. The van der Waals surface area contributed by atoms with Gasteiger partial charge in [0.25, 0.3) is 10.0 Å². The third kappa shape index (κ3) is 9.29. The third-order valence-corrected chi connectivity index (χ3v) is 9.78. The smallest absolute Gasteiger partial charge is 0.264 e. The minimum atomic E-state index is -4.23. The molecule has 0 aromatic heterocycles. The minimum Gasteiger partial charge on any atom is -0.354 e. The summed E-state index contributed by atoms with van der Waals surface area (Å²) in [4.78, 5) is 29.7. The van der Waals surface area contributed by atoms with Gasteiger partial charge in [-0.3, -0.25) is 13.9 Å². The van der Waals surface area contributed by atoms with Gasteiger partial charge in [0.2, 0.25) is 11.8 Å². The number of halogens is 1. The number of rotatable bonds is 14. The normalized spacial score (nSPS) is 12.2. The van der Waals surface area contributed by atoms with E-state index < -0.39 is 40.2 Å². The quantitative estimate of drug-likeness (QED) is 0.161. The van der Waals surface area contributed by atoms with Gasteiger partial charge < -0.3 is 10.2 Å². The van der Waals surface area contributed by atoms with Gasteiger partial charge in [-0.25, -0.2) is 12.8 Å². The van der Waals surface area contributed by atoms with E-state index in [-0.39, 0.29) is 35.3 Å². The Bertz CT molecular complexity index is 1740. The molecule has 4 aromatic rings. The number of amides is 2. The highest BCUT2D eigenvalue weighted by Gasteiger charge is 2.35. The Balaban J connectivity index is 1.81. The summed E-state index contributed by atoms with van der Waals surface area (Å²) in [6.07, 6.45) is 0.152. The van der Waals surface area contributed by atoms with Crippen LogP contribution in [-0.2, 0) is 32.6 Å². The monoisotopic (exact) mass is 657 g/mol. The van der Waals surface area contributed by atoms with Crippen LogP contribution in [0.25, 0.3) is 0 Å². The molecule has 0 aliphatic carbocycles. The lowest BCUT2D eigenvalue weighted by atomic mass is 10.0. The lowest BCUT2D eigenvalue weighted by Crippen LogP contribution is -2.53. The summed E-state index contributed by atoms with van der Waals surface area (Å²) < 4.78 is 44.6. The number of nitrogens with one attached hydrogen (secondary N) is 1. The van der Waals surface area contributed by atoms with Gasteiger partial charge in [-0.05, 0) is 60.2 Å². The number of benzene rings is 4. The van der Waals surface area contributed by atoms with Crippen LogP contribution in [0.3, 0.4) is 0 Å². The fourth-order valence-electron chi connectivity index (χ4n) is 5.18. The zero-order valence-corrected chi connectivity index (χ0v) is 28.5. The first-order valence-corrected chi connectivity index (χ1v) is 17.3. The molecule has 0 saturated carbocycles. The van der Waals surface area contributed by atoms with Crippen LogP contribution in [-0.4, -0.2) is 44.3 Å². The standard InChI is InChI=1S/C38H44FN3O4S/c1-27(2)24-40-38(44)36(23-30-11-7-6-8-12-30)41(25-32-13-9-10-14-35(32)39)37(43)26-42(33-19-17-31(18-20-33)28(3)4)47(45,46)34-21-15-29(5)16-22-34/h6-22,27-28,36H,23-26H2,1-5H3,(H,40,44)/t36-/m1/s1. The number of hydrogen-bond donors (Lipinski definition) is 1. The molecule has 0 radical (unpaired) electrons. The summed E-state index contributed by atoms with van der Waals surface area (Å²) >= 11 is 0. The van der Waals surface area contributed by atoms with Crippen LogP contribution in [0.2, 0.25) is 0 Å². The van der Waals surface area contributed by atoms with Gasteiger partial charge in [0, 0.05) is 25.1 Å². The summed E-state index contributed by atoms with van der Waals surface area (Å²) in [5, 5.41) is 2.94. The molecule has 47 heavy (non-hydrogen) atoms. The van der Waals surface area contributed by atoms with Crippen molar-refractivity contribution in [1.82, 2.24) is 10.2 Å². The topological polar surface area (TPSA) is 86.8 Å². The van der Waals surface area contributed by atoms with E-state index in [0.717, 1.165) is 21.0 Å². The second-order valence-electron chi connectivity index (χ2n) is 12.5. The highest BCUT2D eigenvalue weighted by molar-refractivity contribution is 7.92. The van der Waals surface area contributed by atoms with Gasteiger partial charge in [-0.1, -0.05) is 106 Å². The van der Waals surface area contributed by atoms with Gasteiger partial charge >= 0.3 is 0 Å². The van der Waals surface area contributed by atoms with Gasteiger partial charge in [0.1, 0.15) is 18.4 Å². The molecule has 0 aliphatic rings. The van der Waals surface area contributed by atoms with Crippen LogP contribution in [0.1, 0.15) is 55.9 Å². The van der Waals surface area contributed by atoms with Crippen molar-refractivity contribution in [2.24, 2.45) is 5.92 Å². The summed E-state index contributed by atoms with van der Waals surface area (Å²) in [5.74, 6) is -1.21. The van der Waals surface area contributed by atoms with E-state index in [1.54, 1.807) is 42.5 Å². The van der Waals surface area contributed by atoms with Crippen LogP contribution in [0.5, 0.6) is 0 Å². The lowest BCUT2D eigenvalue weighted by Gasteiger charge is -2.34. The van der Waals surface area contributed by atoms with E-state index >= 15 is 4.39 Å².